The second-order valence-electron chi connectivity index (χ2n) is 9.79. The monoisotopic (exact) mass is 448 g/mol. The molecule has 2 aliphatic rings. The Morgan fingerprint density at radius 3 is 2.15 bits per heavy atom. The fourth-order valence-electron chi connectivity index (χ4n) is 5.00. The van der Waals surface area contributed by atoms with E-state index in [1.807, 2.05) is 12.1 Å². The van der Waals surface area contributed by atoms with Crippen LogP contribution in [0.1, 0.15) is 49.4 Å². The van der Waals surface area contributed by atoms with Crippen molar-refractivity contribution in [3.8, 4) is 0 Å². The average molecular weight is 449 g/mol. The molecule has 6 heteroatoms. The minimum Gasteiger partial charge on any atom is -0.370 e. The molecular formula is C27H36N4O2. The summed E-state index contributed by atoms with van der Waals surface area (Å²) in [5.74, 6) is 0.443. The number of carbonyl (C=O) groups excluding carboxylic acids is 2. The molecule has 2 aromatic rings. The third kappa shape index (κ3) is 5.74. The highest BCUT2D eigenvalue weighted by molar-refractivity contribution is 6.04. The van der Waals surface area contributed by atoms with Gasteiger partial charge in [0.15, 0.2) is 0 Å². The number of nitrogens with zero attached hydrogens (tertiary/aromatic N) is 2. The van der Waals surface area contributed by atoms with E-state index in [9.17, 15) is 9.59 Å². The van der Waals surface area contributed by atoms with Crippen LogP contribution >= 0.6 is 0 Å². The minimum absolute atomic E-state index is 0.0824. The number of benzene rings is 2. The van der Waals surface area contributed by atoms with Gasteiger partial charge >= 0.3 is 0 Å². The van der Waals surface area contributed by atoms with Crippen LogP contribution in [0.4, 0.5) is 17.1 Å². The SMILES string of the molecule is CC1CCCCC1C(=O)Nc1ccc(C(=O)Nc2ccc(N3CCC(N(C)C)C3)cc2)cc1. The first-order valence-electron chi connectivity index (χ1n) is 12.1. The lowest BCUT2D eigenvalue weighted by Gasteiger charge is -2.27. The maximum Gasteiger partial charge on any atom is 0.255 e. The van der Waals surface area contributed by atoms with E-state index in [2.05, 4.69) is 53.6 Å². The van der Waals surface area contributed by atoms with Crippen LogP contribution in [-0.2, 0) is 4.79 Å². The molecule has 2 amide bonds. The van der Waals surface area contributed by atoms with Gasteiger partial charge in [0.05, 0.1) is 0 Å². The maximum absolute atomic E-state index is 12.7. The molecule has 3 atom stereocenters. The molecule has 0 bridgehead atoms. The lowest BCUT2D eigenvalue weighted by Crippen LogP contribution is -2.31. The largest absolute Gasteiger partial charge is 0.370 e. The number of nitrogens with one attached hydrogen (secondary N) is 2. The standard InChI is InChI=1S/C27H36N4O2/c1-19-6-4-5-7-25(19)27(33)29-21-10-8-20(9-11-21)26(32)28-22-12-14-23(15-13-22)31-17-16-24(18-31)30(2)3/h8-15,19,24-25H,4-7,16-18H2,1-3H3,(H,28,32)(H,29,33). The molecule has 176 valence electrons. The molecule has 6 nitrogen and oxygen atoms in total. The number of hydrogen-bond donors (Lipinski definition) is 2. The fraction of sp³-hybridized carbons (Fsp3) is 0.481. The molecule has 2 fully saturated rings. The predicted octanol–water partition coefficient (Wildman–Crippen LogP) is 4.84. The summed E-state index contributed by atoms with van der Waals surface area (Å²) >= 11 is 0. The zero-order valence-electron chi connectivity index (χ0n) is 20.0. The highest BCUT2D eigenvalue weighted by Gasteiger charge is 2.27. The lowest BCUT2D eigenvalue weighted by atomic mass is 9.80. The lowest BCUT2D eigenvalue weighted by molar-refractivity contribution is -0.122. The Morgan fingerprint density at radius 2 is 1.52 bits per heavy atom. The number of rotatable bonds is 6. The maximum atomic E-state index is 12.7. The highest BCUT2D eigenvalue weighted by Crippen LogP contribution is 2.30. The van der Waals surface area contributed by atoms with Crippen LogP contribution in [0.5, 0.6) is 0 Å². The van der Waals surface area contributed by atoms with Crippen LogP contribution in [0.2, 0.25) is 0 Å². The van der Waals surface area contributed by atoms with Gasteiger partial charge in [-0.3, -0.25) is 9.59 Å². The Bertz CT molecular complexity index is 955. The summed E-state index contributed by atoms with van der Waals surface area (Å²) in [6, 6.07) is 15.8. The summed E-state index contributed by atoms with van der Waals surface area (Å²) in [6.45, 7) is 4.24. The van der Waals surface area contributed by atoms with Crippen molar-refractivity contribution in [3.63, 3.8) is 0 Å². The Morgan fingerprint density at radius 1 is 0.879 bits per heavy atom. The van der Waals surface area contributed by atoms with Gasteiger partial charge in [0.1, 0.15) is 0 Å². The van der Waals surface area contributed by atoms with Crippen LogP contribution in [0, 0.1) is 11.8 Å². The molecule has 2 N–H and O–H groups in total. The summed E-state index contributed by atoms with van der Waals surface area (Å²) in [5, 5.41) is 5.99. The molecule has 0 spiro atoms. The minimum atomic E-state index is -0.157. The van der Waals surface area contributed by atoms with Crippen molar-refractivity contribution < 1.29 is 9.59 Å². The molecule has 1 aliphatic heterocycles. The van der Waals surface area contributed by atoms with Crippen molar-refractivity contribution in [3.05, 3.63) is 54.1 Å². The van der Waals surface area contributed by atoms with Crippen LogP contribution in [0.15, 0.2) is 48.5 Å². The van der Waals surface area contributed by atoms with Crippen molar-refractivity contribution in [2.75, 3.05) is 42.7 Å². The van der Waals surface area contributed by atoms with Crippen molar-refractivity contribution in [2.24, 2.45) is 11.8 Å². The van der Waals surface area contributed by atoms with Crippen LogP contribution in [-0.4, -0.2) is 49.9 Å². The van der Waals surface area contributed by atoms with E-state index in [1.165, 1.54) is 18.5 Å². The molecule has 1 heterocycles. The van der Waals surface area contributed by atoms with E-state index < -0.39 is 0 Å². The first-order valence-corrected chi connectivity index (χ1v) is 12.1. The van der Waals surface area contributed by atoms with Gasteiger partial charge in [0, 0.05) is 47.7 Å². The molecule has 3 unspecified atom stereocenters. The summed E-state index contributed by atoms with van der Waals surface area (Å²) in [5.41, 5.74) is 3.26. The molecule has 1 saturated carbocycles. The van der Waals surface area contributed by atoms with E-state index in [0.717, 1.165) is 43.7 Å². The number of amides is 2. The number of hydrogen-bond acceptors (Lipinski definition) is 4. The van der Waals surface area contributed by atoms with E-state index in [4.69, 9.17) is 0 Å². The molecule has 1 aliphatic carbocycles. The van der Waals surface area contributed by atoms with Gasteiger partial charge in [-0.25, -0.2) is 0 Å². The van der Waals surface area contributed by atoms with Crippen molar-refractivity contribution in [1.82, 2.24) is 4.90 Å². The summed E-state index contributed by atoms with van der Waals surface area (Å²) in [6.07, 6.45) is 5.58. The zero-order valence-corrected chi connectivity index (χ0v) is 20.0. The van der Waals surface area contributed by atoms with Crippen molar-refractivity contribution >= 4 is 28.9 Å². The Balaban J connectivity index is 1.31. The van der Waals surface area contributed by atoms with Gasteiger partial charge in [-0.05, 0) is 87.8 Å². The summed E-state index contributed by atoms with van der Waals surface area (Å²) in [7, 11) is 4.26. The van der Waals surface area contributed by atoms with Crippen LogP contribution < -0.4 is 15.5 Å². The van der Waals surface area contributed by atoms with Gasteiger partial charge in [-0.15, -0.1) is 0 Å². The Hall–Kier alpha value is -2.86. The second-order valence-corrected chi connectivity index (χ2v) is 9.79. The van der Waals surface area contributed by atoms with Crippen LogP contribution in [0.25, 0.3) is 0 Å². The number of carbonyl (C=O) groups is 2. The molecule has 1 saturated heterocycles. The first kappa shape index (κ1) is 23.3. The molecule has 33 heavy (non-hydrogen) atoms. The number of anilines is 3. The second kappa shape index (κ2) is 10.4. The highest BCUT2D eigenvalue weighted by atomic mass is 16.2. The zero-order chi connectivity index (χ0) is 23.4. The van der Waals surface area contributed by atoms with Gasteiger partial charge in [0.25, 0.3) is 5.91 Å². The molecule has 0 radical (unpaired) electrons. The van der Waals surface area contributed by atoms with E-state index in [0.29, 0.717) is 17.5 Å². The third-order valence-corrected chi connectivity index (χ3v) is 7.25. The predicted molar refractivity (Wildman–Crippen MR) is 135 cm³/mol. The van der Waals surface area contributed by atoms with E-state index in [-0.39, 0.29) is 17.7 Å². The third-order valence-electron chi connectivity index (χ3n) is 7.25. The van der Waals surface area contributed by atoms with Gasteiger partial charge in [-0.1, -0.05) is 19.8 Å². The van der Waals surface area contributed by atoms with Crippen molar-refractivity contribution in [2.45, 2.75) is 45.1 Å². The summed E-state index contributed by atoms with van der Waals surface area (Å²) in [4.78, 5) is 30.0. The van der Waals surface area contributed by atoms with Gasteiger partial charge in [-0.2, -0.15) is 0 Å². The van der Waals surface area contributed by atoms with Gasteiger partial charge in [0.2, 0.25) is 5.91 Å². The molecule has 0 aromatic heterocycles. The summed E-state index contributed by atoms with van der Waals surface area (Å²) < 4.78 is 0. The smallest absolute Gasteiger partial charge is 0.255 e. The molecule has 2 aromatic carbocycles. The topological polar surface area (TPSA) is 64.7 Å². The molecular weight excluding hydrogens is 412 g/mol. The Kier molecular flexibility index (Phi) is 7.33. The van der Waals surface area contributed by atoms with Crippen molar-refractivity contribution in [1.29, 1.82) is 0 Å². The van der Waals surface area contributed by atoms with Crippen LogP contribution in [0.3, 0.4) is 0 Å². The van der Waals surface area contributed by atoms with Gasteiger partial charge < -0.3 is 20.4 Å². The normalized spacial score (nSPS) is 22.9. The van der Waals surface area contributed by atoms with E-state index >= 15 is 0 Å². The van der Waals surface area contributed by atoms with E-state index in [1.54, 1.807) is 24.3 Å². The average Bonchev–Trinajstić information content (AvgIpc) is 3.31. The number of likely N-dealkylation sites (N-methyl/N-ethyl adjacent to an activating group) is 1. The Labute approximate surface area is 197 Å². The molecule has 4 rings (SSSR count). The first-order chi connectivity index (χ1) is 15.9. The fourth-order valence-corrected chi connectivity index (χ4v) is 5.00. The quantitative estimate of drug-likeness (QED) is 0.663.